The molecule has 15 heavy (non-hydrogen) atoms. The molecule has 4 heteroatoms. The first-order valence-electron chi connectivity index (χ1n) is 4.05. The van der Waals surface area contributed by atoms with Crippen LogP contribution in [0, 0.1) is 0 Å². The molecule has 0 unspecified atom stereocenters. The molecular weight excluding hydrogens is 286 g/mol. The minimum absolute atomic E-state index is 0. The van der Waals surface area contributed by atoms with E-state index in [0.717, 1.165) is 6.42 Å². The summed E-state index contributed by atoms with van der Waals surface area (Å²) in [5.74, 6) is 0. The first kappa shape index (κ1) is 20.8. The summed E-state index contributed by atoms with van der Waals surface area (Å²) in [4.78, 5) is 0. The van der Waals surface area contributed by atoms with Gasteiger partial charge in [-0.05, 0) is 6.42 Å². The summed E-state index contributed by atoms with van der Waals surface area (Å²) in [6.45, 7) is 2.20. The molecule has 0 radical (unpaired) electrons. The van der Waals surface area contributed by atoms with Crippen LogP contribution in [0.4, 0.5) is 0 Å². The fraction of sp³-hybridized carbons (Fsp3) is 0.182. The molecule has 0 saturated carbocycles. The smallest absolute Gasteiger partial charge is 1.00 e. The predicted molar refractivity (Wildman–Crippen MR) is 48.9 cm³/mol. The minimum Gasteiger partial charge on any atom is -1.00 e. The maximum Gasteiger partial charge on any atom is 4.00 e. The van der Waals surface area contributed by atoms with E-state index in [0.29, 0.717) is 0 Å². The number of benzene rings is 1. The van der Waals surface area contributed by atoms with Crippen molar-refractivity contribution < 1.29 is 58.9 Å². The molecule has 0 amide bonds. The number of aryl methyl sites for hydroxylation is 1. The van der Waals surface area contributed by atoms with Crippen LogP contribution in [0.15, 0.2) is 36.4 Å². The van der Waals surface area contributed by atoms with E-state index in [9.17, 15) is 0 Å². The SMILES string of the molecule is CCc1cccc2[cH-]ccc12.[Cl-].[Cl-].[Cl-].[Ti+4]. The first-order valence-corrected chi connectivity index (χ1v) is 4.05. The van der Waals surface area contributed by atoms with Gasteiger partial charge in [-0.25, -0.2) is 0 Å². The zero-order valence-corrected chi connectivity index (χ0v) is 12.1. The number of hydrogen-bond donors (Lipinski definition) is 0. The third-order valence-corrected chi connectivity index (χ3v) is 2.15. The molecule has 0 spiro atoms. The molecular formula is C11H11Cl3Ti. The van der Waals surface area contributed by atoms with Crippen molar-refractivity contribution in [3.63, 3.8) is 0 Å². The normalized spacial score (nSPS) is 7.80. The molecule has 2 aromatic rings. The van der Waals surface area contributed by atoms with Gasteiger partial charge in [0.1, 0.15) is 0 Å². The summed E-state index contributed by atoms with van der Waals surface area (Å²) in [5, 5.41) is 2.78. The largest absolute Gasteiger partial charge is 4.00 e. The van der Waals surface area contributed by atoms with E-state index in [-0.39, 0.29) is 58.9 Å². The Hall–Kier alpha value is 0.414. The molecule has 0 aliphatic heterocycles. The second-order valence-corrected chi connectivity index (χ2v) is 2.80. The molecule has 0 bridgehead atoms. The molecule has 2 rings (SSSR count). The summed E-state index contributed by atoms with van der Waals surface area (Å²) in [5.41, 5.74) is 1.45. The van der Waals surface area contributed by atoms with Crippen molar-refractivity contribution in [2.75, 3.05) is 0 Å². The van der Waals surface area contributed by atoms with Gasteiger partial charge in [0, 0.05) is 0 Å². The minimum atomic E-state index is 0. The Labute approximate surface area is 124 Å². The van der Waals surface area contributed by atoms with Crippen LogP contribution in [-0.4, -0.2) is 0 Å². The Balaban J connectivity index is -0.000000360. The predicted octanol–water partition coefficient (Wildman–Crippen LogP) is -5.87. The second-order valence-electron chi connectivity index (χ2n) is 2.80. The second kappa shape index (κ2) is 9.63. The van der Waals surface area contributed by atoms with Crippen molar-refractivity contribution in [3.8, 4) is 0 Å². The Bertz CT molecular complexity index is 371. The first-order chi connectivity index (χ1) is 5.42. The van der Waals surface area contributed by atoms with Crippen LogP contribution >= 0.6 is 0 Å². The van der Waals surface area contributed by atoms with Gasteiger partial charge in [0.05, 0.1) is 0 Å². The average molecular weight is 297 g/mol. The molecule has 80 valence electrons. The van der Waals surface area contributed by atoms with Crippen LogP contribution < -0.4 is 37.2 Å². The molecule has 0 aliphatic carbocycles. The summed E-state index contributed by atoms with van der Waals surface area (Å²) in [7, 11) is 0. The van der Waals surface area contributed by atoms with Crippen LogP contribution in [0.5, 0.6) is 0 Å². The van der Waals surface area contributed by atoms with Crippen LogP contribution in [-0.2, 0) is 28.1 Å². The molecule has 2 aromatic carbocycles. The van der Waals surface area contributed by atoms with E-state index in [1.807, 2.05) is 0 Å². The Morgan fingerprint density at radius 1 is 1.07 bits per heavy atom. The van der Waals surface area contributed by atoms with Gasteiger partial charge in [-0.1, -0.05) is 18.6 Å². The van der Waals surface area contributed by atoms with E-state index >= 15 is 0 Å². The van der Waals surface area contributed by atoms with Gasteiger partial charge < -0.3 is 37.2 Å². The van der Waals surface area contributed by atoms with Gasteiger partial charge in [0.25, 0.3) is 0 Å². The fourth-order valence-corrected chi connectivity index (χ4v) is 1.54. The topological polar surface area (TPSA) is 0 Å². The van der Waals surface area contributed by atoms with E-state index < -0.39 is 0 Å². The standard InChI is InChI=1S/C11H11.3ClH.Ti/c1-2-9-5-3-6-10-7-4-8-11(9)10;;;;/h3-8H,2H2,1H3;3*1H;/q-1;;;;+4/p-3. The maximum absolute atomic E-state index is 2.20. The van der Waals surface area contributed by atoms with Gasteiger partial charge >= 0.3 is 21.7 Å². The quantitative estimate of drug-likeness (QED) is 0.363. The maximum atomic E-state index is 2.20. The van der Waals surface area contributed by atoms with Crippen molar-refractivity contribution in [1.82, 2.24) is 0 Å². The molecule has 0 saturated heterocycles. The summed E-state index contributed by atoms with van der Waals surface area (Å²) >= 11 is 0. The zero-order valence-electron chi connectivity index (χ0n) is 8.31. The molecule has 0 heterocycles. The van der Waals surface area contributed by atoms with Crippen molar-refractivity contribution >= 4 is 10.8 Å². The van der Waals surface area contributed by atoms with Crippen molar-refractivity contribution in [2.45, 2.75) is 13.3 Å². The molecule has 0 aromatic heterocycles. The van der Waals surface area contributed by atoms with E-state index in [1.54, 1.807) is 0 Å². The fourth-order valence-electron chi connectivity index (χ4n) is 1.54. The van der Waals surface area contributed by atoms with Crippen LogP contribution in [0.25, 0.3) is 10.8 Å². The van der Waals surface area contributed by atoms with E-state index in [1.165, 1.54) is 16.3 Å². The van der Waals surface area contributed by atoms with Gasteiger partial charge in [0.2, 0.25) is 0 Å². The summed E-state index contributed by atoms with van der Waals surface area (Å²) in [6, 6.07) is 12.9. The third-order valence-electron chi connectivity index (χ3n) is 2.15. The van der Waals surface area contributed by atoms with Gasteiger partial charge in [0.15, 0.2) is 0 Å². The Kier molecular flexibility index (Phi) is 13.3. The Morgan fingerprint density at radius 3 is 2.33 bits per heavy atom. The molecule has 0 atom stereocenters. The zero-order chi connectivity index (χ0) is 7.68. The third kappa shape index (κ3) is 4.42. The van der Waals surface area contributed by atoms with E-state index in [2.05, 4.69) is 43.3 Å². The molecule has 0 aliphatic rings. The van der Waals surface area contributed by atoms with E-state index in [4.69, 9.17) is 0 Å². The monoisotopic (exact) mass is 296 g/mol. The number of fused-ring (bicyclic) bond motifs is 1. The van der Waals surface area contributed by atoms with Crippen molar-refractivity contribution in [1.29, 1.82) is 0 Å². The van der Waals surface area contributed by atoms with Gasteiger partial charge in [-0.15, -0.1) is 29.0 Å². The summed E-state index contributed by atoms with van der Waals surface area (Å²) in [6.07, 6.45) is 1.13. The number of halogens is 3. The average Bonchev–Trinajstić information content (AvgIpc) is 2.50. The molecule has 0 N–H and O–H groups in total. The summed E-state index contributed by atoms with van der Waals surface area (Å²) < 4.78 is 0. The van der Waals surface area contributed by atoms with Crippen LogP contribution in [0.1, 0.15) is 12.5 Å². The number of rotatable bonds is 1. The van der Waals surface area contributed by atoms with Gasteiger partial charge in [-0.2, -0.15) is 12.1 Å². The van der Waals surface area contributed by atoms with Crippen molar-refractivity contribution in [2.24, 2.45) is 0 Å². The van der Waals surface area contributed by atoms with Crippen LogP contribution in [0.3, 0.4) is 0 Å². The molecule has 0 fully saturated rings. The Morgan fingerprint density at radius 2 is 1.73 bits per heavy atom. The van der Waals surface area contributed by atoms with Crippen molar-refractivity contribution in [3.05, 3.63) is 42.0 Å². The van der Waals surface area contributed by atoms with Gasteiger partial charge in [-0.3, -0.25) is 0 Å². The number of hydrogen-bond acceptors (Lipinski definition) is 0. The van der Waals surface area contributed by atoms with Crippen LogP contribution in [0.2, 0.25) is 0 Å². The molecule has 0 nitrogen and oxygen atoms in total.